The summed E-state index contributed by atoms with van der Waals surface area (Å²) >= 11 is 0. The largest absolute Gasteiger partial charge is 0.488 e. The Morgan fingerprint density at radius 2 is 2.15 bits per heavy atom. The Morgan fingerprint density at radius 1 is 1.45 bits per heavy atom. The van der Waals surface area contributed by atoms with E-state index in [4.69, 9.17) is 4.74 Å². The van der Waals surface area contributed by atoms with Crippen molar-refractivity contribution < 1.29 is 18.1 Å². The lowest BCUT2D eigenvalue weighted by molar-refractivity contribution is 0.225. The molecular weight excluding hydrogens is 283 g/mol. The fourth-order valence-corrected chi connectivity index (χ4v) is 1.79. The molecule has 2 amide bonds. The third-order valence-corrected chi connectivity index (χ3v) is 3.16. The third kappa shape index (κ3) is 6.51. The minimum atomic E-state index is -0.935. The van der Waals surface area contributed by atoms with Crippen molar-refractivity contribution in [2.45, 2.75) is 13.0 Å². The smallest absolute Gasteiger partial charge is 0.315 e. The summed E-state index contributed by atoms with van der Waals surface area (Å²) in [6, 6.07) is 5.45. The molecule has 1 aromatic carbocycles. The Bertz CT molecular complexity index is 471. The Balaban J connectivity index is 2.26. The molecule has 0 saturated carbocycles. The first-order valence-electron chi connectivity index (χ1n) is 6.20. The number of carbonyl (C=O) groups is 1. The van der Waals surface area contributed by atoms with Crippen LogP contribution < -0.4 is 15.4 Å². The first-order valence-corrected chi connectivity index (χ1v) is 7.93. The summed E-state index contributed by atoms with van der Waals surface area (Å²) in [5.41, 5.74) is 0. The average molecular weight is 302 g/mol. The second-order valence-electron chi connectivity index (χ2n) is 4.32. The Labute approximate surface area is 120 Å². The van der Waals surface area contributed by atoms with E-state index in [1.807, 2.05) is 0 Å². The Hall–Kier alpha value is -1.63. The van der Waals surface area contributed by atoms with Crippen LogP contribution >= 0.6 is 0 Å². The second kappa shape index (κ2) is 8.52. The van der Waals surface area contributed by atoms with Crippen molar-refractivity contribution in [1.82, 2.24) is 10.6 Å². The Kier molecular flexibility index (Phi) is 7.00. The van der Waals surface area contributed by atoms with Gasteiger partial charge in [0.1, 0.15) is 6.61 Å². The number of benzene rings is 1. The topological polar surface area (TPSA) is 67.4 Å². The van der Waals surface area contributed by atoms with E-state index in [2.05, 4.69) is 10.6 Å². The van der Waals surface area contributed by atoms with Crippen LogP contribution in [0.4, 0.5) is 9.18 Å². The maximum atomic E-state index is 13.3. The lowest BCUT2D eigenvalue weighted by Gasteiger charge is -2.15. The molecule has 2 N–H and O–H groups in total. The molecular formula is C13H19FN2O3S. The average Bonchev–Trinajstić information content (AvgIpc) is 2.37. The normalized spacial score (nSPS) is 13.3. The van der Waals surface area contributed by atoms with E-state index in [-0.39, 0.29) is 24.4 Å². The molecule has 0 aromatic heterocycles. The second-order valence-corrected chi connectivity index (χ2v) is 5.87. The highest BCUT2D eigenvalue weighted by atomic mass is 32.2. The Morgan fingerprint density at radius 3 is 2.80 bits per heavy atom. The molecule has 0 aliphatic carbocycles. The van der Waals surface area contributed by atoms with Gasteiger partial charge in [-0.05, 0) is 19.1 Å². The minimum Gasteiger partial charge on any atom is -0.488 e. The number of hydrogen-bond acceptors (Lipinski definition) is 3. The molecule has 1 aromatic rings. The van der Waals surface area contributed by atoms with E-state index < -0.39 is 16.6 Å². The highest BCUT2D eigenvalue weighted by molar-refractivity contribution is 7.84. The summed E-state index contributed by atoms with van der Waals surface area (Å²) in [4.78, 5) is 11.5. The zero-order valence-electron chi connectivity index (χ0n) is 11.5. The van der Waals surface area contributed by atoms with Crippen LogP contribution in [0.1, 0.15) is 6.92 Å². The molecule has 2 atom stereocenters. The van der Waals surface area contributed by atoms with E-state index in [1.54, 1.807) is 25.3 Å². The van der Waals surface area contributed by atoms with Crippen LogP contribution in [0.2, 0.25) is 0 Å². The summed E-state index contributed by atoms with van der Waals surface area (Å²) in [6.45, 7) is 2.25. The summed E-state index contributed by atoms with van der Waals surface area (Å²) < 4.78 is 29.4. The monoisotopic (exact) mass is 302 g/mol. The molecule has 1 rings (SSSR count). The molecule has 0 radical (unpaired) electrons. The quantitative estimate of drug-likeness (QED) is 0.797. The number of para-hydroxylation sites is 1. The highest BCUT2D eigenvalue weighted by Crippen LogP contribution is 2.15. The van der Waals surface area contributed by atoms with Crippen molar-refractivity contribution in [1.29, 1.82) is 0 Å². The SMILES string of the molecule is C[C@@H](COc1ccccc1F)NC(=O)NCC[S@](C)=O. The molecule has 0 unspecified atom stereocenters. The van der Waals surface area contributed by atoms with Gasteiger partial charge in [0.15, 0.2) is 11.6 Å². The molecule has 0 saturated heterocycles. The van der Waals surface area contributed by atoms with Gasteiger partial charge in [0, 0.05) is 29.4 Å². The van der Waals surface area contributed by atoms with Crippen LogP contribution in [0.15, 0.2) is 24.3 Å². The summed E-state index contributed by atoms with van der Waals surface area (Å²) in [5, 5.41) is 5.23. The molecule has 5 nitrogen and oxygen atoms in total. The van der Waals surface area contributed by atoms with Crippen LogP contribution in [-0.2, 0) is 10.8 Å². The highest BCUT2D eigenvalue weighted by Gasteiger charge is 2.09. The number of carbonyl (C=O) groups excluding carboxylic acids is 1. The fraction of sp³-hybridized carbons (Fsp3) is 0.462. The molecule has 20 heavy (non-hydrogen) atoms. The zero-order valence-corrected chi connectivity index (χ0v) is 12.3. The lowest BCUT2D eigenvalue weighted by atomic mass is 10.3. The lowest BCUT2D eigenvalue weighted by Crippen LogP contribution is -2.44. The van der Waals surface area contributed by atoms with E-state index in [1.165, 1.54) is 12.1 Å². The standard InChI is InChI=1S/C13H19FN2O3S/c1-10(16-13(17)15-7-8-20(2)18)9-19-12-6-4-3-5-11(12)14/h3-6,10H,7-9H2,1-2H3,(H2,15,16,17)/t10-,20-/m0/s1. The van der Waals surface area contributed by atoms with Gasteiger partial charge in [-0.15, -0.1) is 0 Å². The van der Waals surface area contributed by atoms with Gasteiger partial charge in [0.25, 0.3) is 0 Å². The predicted octanol–water partition coefficient (Wildman–Crippen LogP) is 1.27. The van der Waals surface area contributed by atoms with Gasteiger partial charge >= 0.3 is 6.03 Å². The van der Waals surface area contributed by atoms with Crippen LogP contribution in [0.3, 0.4) is 0 Å². The number of urea groups is 1. The van der Waals surface area contributed by atoms with Gasteiger partial charge in [-0.25, -0.2) is 9.18 Å². The molecule has 0 spiro atoms. The van der Waals surface area contributed by atoms with E-state index in [9.17, 15) is 13.4 Å². The van der Waals surface area contributed by atoms with Crippen LogP contribution in [0, 0.1) is 5.82 Å². The molecule has 0 fully saturated rings. The van der Waals surface area contributed by atoms with Crippen molar-refractivity contribution in [3.63, 3.8) is 0 Å². The van der Waals surface area contributed by atoms with Gasteiger partial charge in [-0.2, -0.15) is 0 Å². The van der Waals surface area contributed by atoms with Crippen molar-refractivity contribution in [3.8, 4) is 5.75 Å². The summed E-state index contributed by atoms with van der Waals surface area (Å²) in [6.07, 6.45) is 1.57. The van der Waals surface area contributed by atoms with Crippen molar-refractivity contribution >= 4 is 16.8 Å². The third-order valence-electron chi connectivity index (χ3n) is 2.38. The first kappa shape index (κ1) is 16.4. The van der Waals surface area contributed by atoms with Gasteiger partial charge in [0.05, 0.1) is 6.04 Å². The van der Waals surface area contributed by atoms with Gasteiger partial charge in [-0.1, -0.05) is 12.1 Å². The predicted molar refractivity (Wildman–Crippen MR) is 76.8 cm³/mol. The number of ether oxygens (including phenoxy) is 1. The van der Waals surface area contributed by atoms with Crippen LogP contribution in [0.25, 0.3) is 0 Å². The van der Waals surface area contributed by atoms with E-state index in [0.29, 0.717) is 12.3 Å². The van der Waals surface area contributed by atoms with Gasteiger partial charge < -0.3 is 15.4 Å². The number of rotatable bonds is 7. The first-order chi connectivity index (χ1) is 9.49. The molecule has 0 bridgehead atoms. The maximum Gasteiger partial charge on any atom is 0.315 e. The van der Waals surface area contributed by atoms with Crippen LogP contribution in [-0.4, -0.2) is 41.4 Å². The minimum absolute atomic E-state index is 0.155. The van der Waals surface area contributed by atoms with Crippen LogP contribution in [0.5, 0.6) is 5.75 Å². The van der Waals surface area contributed by atoms with E-state index >= 15 is 0 Å². The molecule has 0 heterocycles. The number of amides is 2. The van der Waals surface area contributed by atoms with Crippen molar-refractivity contribution in [3.05, 3.63) is 30.1 Å². The fourth-order valence-electron chi connectivity index (χ4n) is 1.40. The molecule has 7 heteroatoms. The number of halogens is 1. The van der Waals surface area contributed by atoms with Crippen molar-refractivity contribution in [2.75, 3.05) is 25.2 Å². The molecule has 0 aliphatic rings. The number of hydrogen-bond donors (Lipinski definition) is 2. The number of nitrogens with one attached hydrogen (secondary N) is 2. The van der Waals surface area contributed by atoms with E-state index in [0.717, 1.165) is 0 Å². The molecule has 112 valence electrons. The summed E-state index contributed by atoms with van der Waals surface area (Å²) in [7, 11) is -0.935. The zero-order chi connectivity index (χ0) is 15.0. The van der Waals surface area contributed by atoms with Gasteiger partial charge in [-0.3, -0.25) is 4.21 Å². The van der Waals surface area contributed by atoms with Gasteiger partial charge in [0.2, 0.25) is 0 Å². The summed E-state index contributed by atoms with van der Waals surface area (Å²) in [5.74, 6) is 0.130. The maximum absolute atomic E-state index is 13.3. The molecule has 0 aliphatic heterocycles. The van der Waals surface area contributed by atoms with Crippen molar-refractivity contribution in [2.24, 2.45) is 0 Å².